The minimum Gasteiger partial charge on any atom is -0.381 e. The lowest BCUT2D eigenvalue weighted by atomic mass is 10.0. The minimum atomic E-state index is -0.626. The van der Waals surface area contributed by atoms with Crippen LogP contribution in [0.1, 0.15) is 37.3 Å². The van der Waals surface area contributed by atoms with Crippen LogP contribution in [0.25, 0.3) is 0 Å². The second kappa shape index (κ2) is 10.1. The quantitative estimate of drug-likeness (QED) is 0.494. The lowest BCUT2D eigenvalue weighted by Crippen LogP contribution is -2.35. The molecule has 4 rings (SSSR count). The molecule has 0 spiro atoms. The number of ether oxygens (including phenoxy) is 1. The van der Waals surface area contributed by atoms with E-state index in [4.69, 9.17) is 4.74 Å². The number of aromatic nitrogens is 1. The van der Waals surface area contributed by atoms with Gasteiger partial charge in [-0.15, -0.1) is 0 Å². The molecule has 1 aromatic heterocycles. The molecule has 0 unspecified atom stereocenters. The molecule has 2 aliphatic rings. The molecule has 0 radical (unpaired) electrons. The molecule has 2 aliphatic heterocycles. The Morgan fingerprint density at radius 1 is 1.21 bits per heavy atom. The van der Waals surface area contributed by atoms with Crippen LogP contribution < -0.4 is 15.5 Å². The first-order valence-electron chi connectivity index (χ1n) is 10.9. The number of nitrogens with zero attached hydrogens (tertiary/aromatic N) is 3. The summed E-state index contributed by atoms with van der Waals surface area (Å²) in [7, 11) is 0. The van der Waals surface area contributed by atoms with Gasteiger partial charge in [0.05, 0.1) is 11.0 Å². The summed E-state index contributed by atoms with van der Waals surface area (Å²) in [6, 6.07) is 4.95. The van der Waals surface area contributed by atoms with Crippen molar-refractivity contribution in [2.75, 3.05) is 36.5 Å². The molecule has 0 aliphatic carbocycles. The maximum atomic E-state index is 14.4. The van der Waals surface area contributed by atoms with Crippen molar-refractivity contribution < 1.29 is 23.2 Å². The molecular formula is C22H25F2N5O4. The van der Waals surface area contributed by atoms with Gasteiger partial charge in [-0.2, -0.15) is 0 Å². The van der Waals surface area contributed by atoms with Crippen LogP contribution in [-0.4, -0.2) is 42.2 Å². The number of amides is 2. The van der Waals surface area contributed by atoms with Gasteiger partial charge in [-0.1, -0.05) is 0 Å². The maximum Gasteiger partial charge on any atom is 0.320 e. The summed E-state index contributed by atoms with van der Waals surface area (Å²) in [6.07, 6.45) is 2.96. The number of pyridine rings is 1. The molecule has 1 aromatic carbocycles. The number of nitrogens with one attached hydrogen (secondary N) is 2. The summed E-state index contributed by atoms with van der Waals surface area (Å²) in [5.41, 5.74) is -0.149. The third-order valence-electron chi connectivity index (χ3n) is 6.04. The predicted molar refractivity (Wildman–Crippen MR) is 117 cm³/mol. The van der Waals surface area contributed by atoms with Crippen LogP contribution in [0, 0.1) is 27.7 Å². The molecule has 176 valence electrons. The molecule has 9 nitrogen and oxygen atoms in total. The number of rotatable bonds is 6. The fraction of sp³-hybridized carbons (Fsp3) is 0.455. The molecule has 0 saturated carbocycles. The van der Waals surface area contributed by atoms with E-state index in [2.05, 4.69) is 15.6 Å². The zero-order valence-electron chi connectivity index (χ0n) is 17.9. The van der Waals surface area contributed by atoms with Crippen molar-refractivity contribution in [2.24, 2.45) is 5.92 Å². The zero-order chi connectivity index (χ0) is 23.4. The highest BCUT2D eigenvalue weighted by molar-refractivity contribution is 5.90. The van der Waals surface area contributed by atoms with Crippen molar-refractivity contribution in [2.45, 2.75) is 31.7 Å². The highest BCUT2D eigenvalue weighted by Gasteiger charge is 2.31. The van der Waals surface area contributed by atoms with E-state index in [1.54, 1.807) is 4.90 Å². The number of nitro groups is 1. The molecule has 2 N–H and O–H groups in total. The van der Waals surface area contributed by atoms with Crippen LogP contribution in [0.4, 0.5) is 30.9 Å². The number of hydrogen-bond donors (Lipinski definition) is 2. The molecular weight excluding hydrogens is 436 g/mol. The van der Waals surface area contributed by atoms with E-state index in [-0.39, 0.29) is 23.0 Å². The fourth-order valence-corrected chi connectivity index (χ4v) is 4.31. The Morgan fingerprint density at radius 3 is 2.76 bits per heavy atom. The highest BCUT2D eigenvalue weighted by Crippen LogP contribution is 2.38. The maximum absolute atomic E-state index is 14.4. The average Bonchev–Trinajstić information content (AvgIpc) is 3.29. The molecule has 11 heteroatoms. The summed E-state index contributed by atoms with van der Waals surface area (Å²) in [4.78, 5) is 29.4. The predicted octanol–water partition coefficient (Wildman–Crippen LogP) is 4.16. The smallest absolute Gasteiger partial charge is 0.320 e. The van der Waals surface area contributed by atoms with Gasteiger partial charge in [0.25, 0.3) is 0 Å². The first-order valence-corrected chi connectivity index (χ1v) is 10.9. The first-order chi connectivity index (χ1) is 15.9. The number of halogens is 2. The monoisotopic (exact) mass is 461 g/mol. The van der Waals surface area contributed by atoms with Crippen molar-refractivity contribution in [3.8, 4) is 0 Å². The third-order valence-corrected chi connectivity index (χ3v) is 6.04. The second-order valence-electron chi connectivity index (χ2n) is 8.20. The van der Waals surface area contributed by atoms with Gasteiger partial charge in [0, 0.05) is 37.9 Å². The Kier molecular flexibility index (Phi) is 6.97. The van der Waals surface area contributed by atoms with E-state index >= 15 is 0 Å². The summed E-state index contributed by atoms with van der Waals surface area (Å²) in [5.74, 6) is -0.649. The summed E-state index contributed by atoms with van der Waals surface area (Å²) in [6.45, 7) is 2.23. The SMILES string of the molecule is O=C(NCC1CCOCC1)Nc1nc(N2CCC[C@@H]2c2cc(F)ccc2F)ccc1[N+](=O)[O-]. The van der Waals surface area contributed by atoms with Crippen LogP contribution in [-0.2, 0) is 4.74 Å². The second-order valence-corrected chi connectivity index (χ2v) is 8.20. The number of anilines is 2. The van der Waals surface area contributed by atoms with Crippen LogP contribution in [0.3, 0.4) is 0 Å². The lowest BCUT2D eigenvalue weighted by molar-refractivity contribution is -0.384. The normalized spacial score (nSPS) is 18.8. The molecule has 0 bridgehead atoms. The van der Waals surface area contributed by atoms with Gasteiger partial charge in [-0.05, 0) is 55.9 Å². The Labute approximate surface area is 189 Å². The fourth-order valence-electron chi connectivity index (χ4n) is 4.31. The Morgan fingerprint density at radius 2 is 2.00 bits per heavy atom. The Bertz CT molecular complexity index is 1030. The van der Waals surface area contributed by atoms with Crippen LogP contribution in [0.15, 0.2) is 30.3 Å². The van der Waals surface area contributed by atoms with Gasteiger partial charge >= 0.3 is 11.7 Å². The van der Waals surface area contributed by atoms with Gasteiger partial charge in [0.1, 0.15) is 17.5 Å². The standard InChI is InChI=1S/C22H25F2N5O4/c23-15-3-4-17(24)16(12-15)18-2-1-9-28(18)20-6-5-19(29(31)32)21(26-20)27-22(30)25-13-14-7-10-33-11-8-14/h3-6,12,14,18H,1-2,7-11,13H2,(H2,25,26,27,30)/t18-/m1/s1. The highest BCUT2D eigenvalue weighted by atomic mass is 19.1. The van der Waals surface area contributed by atoms with E-state index < -0.39 is 28.6 Å². The van der Waals surface area contributed by atoms with Crippen molar-refractivity contribution in [1.29, 1.82) is 0 Å². The average molecular weight is 461 g/mol. The molecule has 33 heavy (non-hydrogen) atoms. The van der Waals surface area contributed by atoms with Gasteiger partial charge in [0.2, 0.25) is 5.82 Å². The van der Waals surface area contributed by atoms with Crippen molar-refractivity contribution in [3.05, 3.63) is 57.6 Å². The Balaban J connectivity index is 1.53. The molecule has 2 aromatic rings. The molecule has 1 atom stereocenters. The van der Waals surface area contributed by atoms with E-state index in [9.17, 15) is 23.7 Å². The molecule has 2 saturated heterocycles. The van der Waals surface area contributed by atoms with Crippen molar-refractivity contribution in [3.63, 3.8) is 0 Å². The van der Waals surface area contributed by atoms with Gasteiger partial charge in [-0.25, -0.2) is 18.6 Å². The van der Waals surface area contributed by atoms with Gasteiger partial charge in [0.15, 0.2) is 0 Å². The van der Waals surface area contributed by atoms with Gasteiger partial charge < -0.3 is 15.0 Å². The molecule has 2 fully saturated rings. The number of urea groups is 1. The Hall–Kier alpha value is -3.34. The zero-order valence-corrected chi connectivity index (χ0v) is 17.9. The van der Waals surface area contributed by atoms with E-state index in [0.29, 0.717) is 45.0 Å². The lowest BCUT2D eigenvalue weighted by Gasteiger charge is -2.27. The van der Waals surface area contributed by atoms with E-state index in [1.165, 1.54) is 12.1 Å². The third kappa shape index (κ3) is 5.36. The summed E-state index contributed by atoms with van der Waals surface area (Å²) < 4.78 is 33.4. The summed E-state index contributed by atoms with van der Waals surface area (Å²) >= 11 is 0. The van der Waals surface area contributed by atoms with E-state index in [1.807, 2.05) is 0 Å². The number of hydrogen-bond acceptors (Lipinski definition) is 6. The number of carbonyl (C=O) groups is 1. The van der Waals surface area contributed by atoms with Crippen LogP contribution in [0.2, 0.25) is 0 Å². The van der Waals surface area contributed by atoms with Crippen LogP contribution >= 0.6 is 0 Å². The largest absolute Gasteiger partial charge is 0.381 e. The van der Waals surface area contributed by atoms with Crippen molar-refractivity contribution in [1.82, 2.24) is 10.3 Å². The summed E-state index contributed by atoms with van der Waals surface area (Å²) in [5, 5.41) is 16.7. The topological polar surface area (TPSA) is 110 Å². The molecule has 2 amide bonds. The van der Waals surface area contributed by atoms with Crippen molar-refractivity contribution >= 4 is 23.4 Å². The van der Waals surface area contributed by atoms with E-state index in [0.717, 1.165) is 31.0 Å². The first kappa shape index (κ1) is 22.8. The molecule has 3 heterocycles. The van der Waals surface area contributed by atoms with Crippen LogP contribution in [0.5, 0.6) is 0 Å². The number of carbonyl (C=O) groups excluding carboxylic acids is 1. The van der Waals surface area contributed by atoms with Gasteiger partial charge in [-0.3, -0.25) is 15.4 Å². The minimum absolute atomic E-state index is 0.202. The number of benzene rings is 1.